The monoisotopic (exact) mass is 671 g/mol. The SMILES string of the molecule is CCCCCCCCCCCCCCCCCCC(C)(C)OS(=O)OC(C)(C)CCCCCCCCCCCCCCCCCC. The van der Waals surface area contributed by atoms with Crippen LogP contribution in [0.2, 0.25) is 0 Å². The third-order valence-electron chi connectivity index (χ3n) is 9.85. The second kappa shape index (κ2) is 33.6. The predicted octanol–water partition coefficient (Wildman–Crippen LogP) is 15.5. The molecule has 0 spiro atoms. The molecule has 0 saturated carbocycles. The van der Waals surface area contributed by atoms with Crippen molar-refractivity contribution >= 4 is 11.4 Å². The van der Waals surface area contributed by atoms with E-state index in [0.29, 0.717) is 0 Å². The molecule has 0 atom stereocenters. The van der Waals surface area contributed by atoms with E-state index in [4.69, 9.17) is 8.37 Å². The van der Waals surface area contributed by atoms with E-state index in [1.807, 2.05) is 0 Å². The first-order valence-electron chi connectivity index (χ1n) is 21.0. The van der Waals surface area contributed by atoms with Gasteiger partial charge in [0, 0.05) is 0 Å². The molecule has 0 N–H and O–H groups in total. The third-order valence-corrected chi connectivity index (χ3v) is 11.0. The molecule has 0 rings (SSSR count). The van der Waals surface area contributed by atoms with Gasteiger partial charge in [-0.2, -0.15) is 4.21 Å². The summed E-state index contributed by atoms with van der Waals surface area (Å²) < 4.78 is 24.4. The van der Waals surface area contributed by atoms with Crippen molar-refractivity contribution in [3.05, 3.63) is 0 Å². The lowest BCUT2D eigenvalue weighted by atomic mass is 9.99. The molecule has 0 radical (unpaired) electrons. The first-order chi connectivity index (χ1) is 22.2. The Morgan fingerprint density at radius 2 is 0.500 bits per heavy atom. The number of hydrogen-bond acceptors (Lipinski definition) is 3. The summed E-state index contributed by atoms with van der Waals surface area (Å²) in [6.07, 6.45) is 46.0. The minimum absolute atomic E-state index is 0.412. The summed E-state index contributed by atoms with van der Waals surface area (Å²) in [5.41, 5.74) is -0.823. The van der Waals surface area contributed by atoms with Gasteiger partial charge in [0.25, 0.3) is 0 Å². The van der Waals surface area contributed by atoms with E-state index in [1.54, 1.807) is 0 Å². The van der Waals surface area contributed by atoms with E-state index in [2.05, 4.69) is 41.5 Å². The van der Waals surface area contributed by atoms with Crippen LogP contribution in [0.4, 0.5) is 0 Å². The lowest BCUT2D eigenvalue weighted by Gasteiger charge is -2.28. The second-order valence-corrected chi connectivity index (χ2v) is 16.7. The van der Waals surface area contributed by atoms with E-state index in [9.17, 15) is 4.21 Å². The lowest BCUT2D eigenvalue weighted by Crippen LogP contribution is -2.31. The van der Waals surface area contributed by atoms with E-state index in [0.717, 1.165) is 25.7 Å². The maximum atomic E-state index is 12.7. The van der Waals surface area contributed by atoms with Gasteiger partial charge >= 0.3 is 11.4 Å². The smallest absolute Gasteiger partial charge is 0.262 e. The van der Waals surface area contributed by atoms with Crippen LogP contribution in [-0.4, -0.2) is 15.4 Å². The predicted molar refractivity (Wildman–Crippen MR) is 207 cm³/mol. The van der Waals surface area contributed by atoms with Gasteiger partial charge in [-0.1, -0.05) is 219 Å². The molecule has 0 aromatic heterocycles. The molecule has 0 aromatic carbocycles. The molecular weight excluding hydrogens is 585 g/mol. The fourth-order valence-corrected chi connectivity index (χ4v) is 7.60. The van der Waals surface area contributed by atoms with E-state index in [-0.39, 0.29) is 0 Å². The Hall–Kier alpha value is 0.0700. The van der Waals surface area contributed by atoms with Crippen molar-refractivity contribution in [2.75, 3.05) is 0 Å². The third kappa shape index (κ3) is 35.4. The summed E-state index contributed by atoms with van der Waals surface area (Å²) in [4.78, 5) is 0. The Morgan fingerprint density at radius 3 is 0.696 bits per heavy atom. The average molecular weight is 671 g/mol. The number of hydrogen-bond donors (Lipinski definition) is 0. The van der Waals surface area contributed by atoms with Gasteiger partial charge in [0.2, 0.25) is 0 Å². The van der Waals surface area contributed by atoms with Crippen molar-refractivity contribution in [2.24, 2.45) is 0 Å². The van der Waals surface area contributed by atoms with E-state index in [1.165, 1.54) is 193 Å². The fourth-order valence-electron chi connectivity index (χ4n) is 6.67. The van der Waals surface area contributed by atoms with E-state index >= 15 is 0 Å². The Kier molecular flexibility index (Phi) is 33.6. The van der Waals surface area contributed by atoms with Gasteiger partial charge in [0.05, 0.1) is 11.2 Å². The molecule has 0 aliphatic rings. The molecule has 0 fully saturated rings. The van der Waals surface area contributed by atoms with Crippen LogP contribution in [0.3, 0.4) is 0 Å². The molecule has 0 aliphatic heterocycles. The first-order valence-corrected chi connectivity index (χ1v) is 22.0. The lowest BCUT2D eigenvalue weighted by molar-refractivity contribution is 0.0482. The highest BCUT2D eigenvalue weighted by Gasteiger charge is 2.27. The Bertz CT molecular complexity index is 580. The molecule has 0 aliphatic carbocycles. The summed E-state index contributed by atoms with van der Waals surface area (Å²) >= 11 is -1.70. The largest absolute Gasteiger partial charge is 0.305 e. The summed E-state index contributed by atoms with van der Waals surface area (Å²) in [5.74, 6) is 0. The van der Waals surface area contributed by atoms with Crippen LogP contribution in [0.1, 0.15) is 260 Å². The normalized spacial score (nSPS) is 12.5. The molecule has 0 aromatic rings. The van der Waals surface area contributed by atoms with Crippen molar-refractivity contribution < 1.29 is 12.6 Å². The molecule has 4 heteroatoms. The summed E-state index contributed by atoms with van der Waals surface area (Å²) in [5, 5.41) is 0. The van der Waals surface area contributed by atoms with Gasteiger partial charge in [0.15, 0.2) is 0 Å². The maximum Gasteiger partial charge on any atom is 0.305 e. The minimum Gasteiger partial charge on any atom is -0.262 e. The van der Waals surface area contributed by atoms with Crippen LogP contribution in [0.25, 0.3) is 0 Å². The maximum absolute atomic E-state index is 12.7. The van der Waals surface area contributed by atoms with Gasteiger partial charge in [-0.05, 0) is 40.5 Å². The fraction of sp³-hybridized carbons (Fsp3) is 1.00. The van der Waals surface area contributed by atoms with Crippen LogP contribution in [0.15, 0.2) is 0 Å². The molecule has 46 heavy (non-hydrogen) atoms. The highest BCUT2D eigenvalue weighted by Crippen LogP contribution is 2.26. The molecule has 0 heterocycles. The zero-order valence-electron chi connectivity index (χ0n) is 32.7. The highest BCUT2D eigenvalue weighted by molar-refractivity contribution is 7.75. The van der Waals surface area contributed by atoms with Gasteiger partial charge in [-0.15, -0.1) is 0 Å². The van der Waals surface area contributed by atoms with Crippen LogP contribution in [0.5, 0.6) is 0 Å². The molecule has 0 amide bonds. The van der Waals surface area contributed by atoms with Gasteiger partial charge < -0.3 is 0 Å². The second-order valence-electron chi connectivity index (χ2n) is 16.0. The van der Waals surface area contributed by atoms with E-state index < -0.39 is 22.6 Å². The van der Waals surface area contributed by atoms with Crippen molar-refractivity contribution in [1.29, 1.82) is 0 Å². The van der Waals surface area contributed by atoms with Gasteiger partial charge in [-0.3, -0.25) is 8.37 Å². The standard InChI is InChI=1S/C42H86O3S/c1-7-9-11-13-15-17-19-21-23-25-27-29-31-33-35-37-39-41(3,4)44-46(43)45-42(5,6)40-38-36-34-32-30-28-26-24-22-20-18-16-14-12-10-8-2/h7-40H2,1-6H3. The quantitative estimate of drug-likeness (QED) is 0.0613. The Labute approximate surface area is 294 Å². The van der Waals surface area contributed by atoms with Crippen molar-refractivity contribution in [3.63, 3.8) is 0 Å². The average Bonchev–Trinajstić information content (AvgIpc) is 3.00. The van der Waals surface area contributed by atoms with Crippen LogP contribution in [-0.2, 0) is 19.7 Å². The highest BCUT2D eigenvalue weighted by atomic mass is 32.2. The van der Waals surface area contributed by atoms with Gasteiger partial charge in [0.1, 0.15) is 0 Å². The summed E-state index contributed by atoms with van der Waals surface area (Å²) in [6, 6.07) is 0. The molecule has 0 bridgehead atoms. The van der Waals surface area contributed by atoms with Crippen LogP contribution < -0.4 is 0 Å². The first kappa shape index (κ1) is 46.1. The molecule has 0 unspecified atom stereocenters. The molecule has 3 nitrogen and oxygen atoms in total. The molecule has 278 valence electrons. The van der Waals surface area contributed by atoms with Crippen molar-refractivity contribution in [3.8, 4) is 0 Å². The zero-order valence-corrected chi connectivity index (χ0v) is 33.5. The topological polar surface area (TPSA) is 35.5 Å². The number of unbranched alkanes of at least 4 members (excludes halogenated alkanes) is 30. The van der Waals surface area contributed by atoms with Crippen LogP contribution >= 0.6 is 0 Å². The molecule has 0 saturated heterocycles. The Morgan fingerprint density at radius 1 is 0.326 bits per heavy atom. The zero-order chi connectivity index (χ0) is 34.0. The van der Waals surface area contributed by atoms with Crippen molar-refractivity contribution in [1.82, 2.24) is 0 Å². The summed E-state index contributed by atoms with van der Waals surface area (Å²) in [7, 11) is 0. The Balaban J connectivity index is 3.62. The van der Waals surface area contributed by atoms with Crippen molar-refractivity contribution in [2.45, 2.75) is 271 Å². The van der Waals surface area contributed by atoms with Gasteiger partial charge in [-0.25, -0.2) is 0 Å². The summed E-state index contributed by atoms with van der Waals surface area (Å²) in [6.45, 7) is 12.8. The van der Waals surface area contributed by atoms with Crippen LogP contribution in [0, 0.1) is 0 Å². The minimum atomic E-state index is -1.70. The molecular formula is C42H86O3S. The number of rotatable bonds is 38.